The van der Waals surface area contributed by atoms with Crippen molar-refractivity contribution in [2.75, 3.05) is 0 Å². The monoisotopic (exact) mass is 342 g/mol. The number of benzene rings is 1. The molecule has 2 aromatic heterocycles. The fourth-order valence-corrected chi connectivity index (χ4v) is 4.37. The van der Waals surface area contributed by atoms with Gasteiger partial charge in [0.15, 0.2) is 0 Å². The number of furan rings is 1. The molecular weight excluding hydrogens is 336 g/mol. The highest BCUT2D eigenvalue weighted by molar-refractivity contribution is 8.13. The molecule has 1 N–H and O–H groups in total. The number of para-hydroxylation sites is 1. The Balaban J connectivity index is 2.21. The molecule has 0 aliphatic carbocycles. The van der Waals surface area contributed by atoms with E-state index < -0.39 is 19.9 Å². The van der Waals surface area contributed by atoms with Gasteiger partial charge in [0.05, 0.1) is 4.88 Å². The second kappa shape index (κ2) is 4.87. The van der Waals surface area contributed by atoms with Crippen LogP contribution in [-0.4, -0.2) is 19.5 Å². The van der Waals surface area contributed by atoms with Gasteiger partial charge in [-0.1, -0.05) is 18.2 Å². The normalized spacial score (nSPS) is 11.9. The fraction of sp³-hybridized carbons (Fsp3) is 0. The number of carboxylic acid groups (broad SMARTS) is 1. The van der Waals surface area contributed by atoms with E-state index in [9.17, 15) is 13.2 Å². The summed E-state index contributed by atoms with van der Waals surface area (Å²) in [5.74, 6) is -0.947. The molecule has 21 heavy (non-hydrogen) atoms. The van der Waals surface area contributed by atoms with Crippen LogP contribution in [0.2, 0.25) is 0 Å². The Morgan fingerprint density at radius 1 is 1.24 bits per heavy atom. The second-order valence-electron chi connectivity index (χ2n) is 4.20. The quantitative estimate of drug-likeness (QED) is 0.732. The van der Waals surface area contributed by atoms with Gasteiger partial charge < -0.3 is 9.52 Å². The Morgan fingerprint density at radius 3 is 2.52 bits per heavy atom. The van der Waals surface area contributed by atoms with Crippen molar-refractivity contribution in [2.45, 2.75) is 4.90 Å². The summed E-state index contributed by atoms with van der Waals surface area (Å²) in [4.78, 5) is 10.8. The molecule has 0 aliphatic heterocycles. The van der Waals surface area contributed by atoms with Gasteiger partial charge >= 0.3 is 5.97 Å². The molecule has 3 rings (SSSR count). The van der Waals surface area contributed by atoms with Crippen LogP contribution in [0.4, 0.5) is 0 Å². The molecule has 0 spiro atoms. The summed E-state index contributed by atoms with van der Waals surface area (Å²) in [6, 6.07) is 10.2. The van der Waals surface area contributed by atoms with Gasteiger partial charge in [-0.3, -0.25) is 0 Å². The van der Waals surface area contributed by atoms with Crippen molar-refractivity contribution < 1.29 is 22.7 Å². The number of carboxylic acids is 1. The van der Waals surface area contributed by atoms with Crippen LogP contribution in [0.3, 0.4) is 0 Å². The van der Waals surface area contributed by atoms with E-state index in [2.05, 4.69) is 0 Å². The molecular formula is C13H7ClO5S2. The van der Waals surface area contributed by atoms with Crippen molar-refractivity contribution in [3.05, 3.63) is 41.3 Å². The minimum Gasteiger partial charge on any atom is -0.477 e. The standard InChI is InChI=1S/C13H7ClO5S2/c14-21(17,18)11-6-10(20-12(11)13(15)16)9-5-7-3-1-2-4-8(7)19-9/h1-6H,(H,15,16). The minimum absolute atomic E-state index is 0.333. The Kier molecular flexibility index (Phi) is 3.27. The minimum atomic E-state index is -4.14. The van der Waals surface area contributed by atoms with Gasteiger partial charge in [0.1, 0.15) is 21.1 Å². The molecule has 0 atom stereocenters. The molecule has 0 saturated heterocycles. The maximum atomic E-state index is 11.5. The molecule has 0 aliphatic rings. The third-order valence-corrected chi connectivity index (χ3v) is 5.44. The molecule has 0 amide bonds. The smallest absolute Gasteiger partial charge is 0.347 e. The van der Waals surface area contributed by atoms with Gasteiger partial charge in [0.2, 0.25) is 0 Å². The average Bonchev–Trinajstić information content (AvgIpc) is 3.02. The Morgan fingerprint density at radius 2 is 1.95 bits per heavy atom. The number of rotatable bonds is 3. The molecule has 8 heteroatoms. The first-order valence-electron chi connectivity index (χ1n) is 5.67. The van der Waals surface area contributed by atoms with Gasteiger partial charge in [-0.05, 0) is 18.2 Å². The molecule has 5 nitrogen and oxygen atoms in total. The predicted molar refractivity (Wildman–Crippen MR) is 79.5 cm³/mol. The van der Waals surface area contributed by atoms with E-state index in [0.717, 1.165) is 16.7 Å². The summed E-state index contributed by atoms with van der Waals surface area (Å²) < 4.78 is 28.5. The maximum Gasteiger partial charge on any atom is 0.347 e. The van der Waals surface area contributed by atoms with E-state index in [1.165, 1.54) is 6.07 Å². The Labute approximate surface area is 127 Å². The van der Waals surface area contributed by atoms with Crippen molar-refractivity contribution >= 4 is 48.0 Å². The van der Waals surface area contributed by atoms with Crippen LogP contribution in [0.25, 0.3) is 21.6 Å². The molecule has 108 valence electrons. The Bertz CT molecular complexity index is 919. The van der Waals surface area contributed by atoms with Gasteiger partial charge in [0.25, 0.3) is 9.05 Å². The summed E-state index contributed by atoms with van der Waals surface area (Å²) in [5, 5.41) is 9.93. The maximum absolute atomic E-state index is 11.5. The summed E-state index contributed by atoms with van der Waals surface area (Å²) in [5.41, 5.74) is 0.632. The largest absolute Gasteiger partial charge is 0.477 e. The lowest BCUT2D eigenvalue weighted by molar-refractivity contribution is 0.0698. The number of hydrogen-bond donors (Lipinski definition) is 1. The molecule has 0 bridgehead atoms. The number of hydrogen-bond acceptors (Lipinski definition) is 5. The number of aromatic carboxylic acids is 1. The molecule has 2 heterocycles. The SMILES string of the molecule is O=C(O)c1sc(-c2cc3ccccc3o2)cc1S(=O)(=O)Cl. The van der Waals surface area contributed by atoms with E-state index in [0.29, 0.717) is 16.2 Å². The molecule has 3 aromatic rings. The van der Waals surface area contributed by atoms with Crippen LogP contribution in [0.15, 0.2) is 45.7 Å². The van der Waals surface area contributed by atoms with Crippen LogP contribution in [-0.2, 0) is 9.05 Å². The van der Waals surface area contributed by atoms with Crippen molar-refractivity contribution in [1.29, 1.82) is 0 Å². The average molecular weight is 343 g/mol. The predicted octanol–water partition coefficient (Wildman–Crippen LogP) is 3.79. The number of carbonyl (C=O) groups is 1. The number of fused-ring (bicyclic) bond motifs is 1. The van der Waals surface area contributed by atoms with E-state index in [1.54, 1.807) is 18.2 Å². The lowest BCUT2D eigenvalue weighted by atomic mass is 10.2. The van der Waals surface area contributed by atoms with E-state index in [1.807, 2.05) is 12.1 Å². The third kappa shape index (κ3) is 2.55. The van der Waals surface area contributed by atoms with Gasteiger partial charge in [-0.15, -0.1) is 11.3 Å². The highest BCUT2D eigenvalue weighted by Crippen LogP contribution is 2.37. The van der Waals surface area contributed by atoms with Crippen LogP contribution in [0, 0.1) is 0 Å². The van der Waals surface area contributed by atoms with Crippen LogP contribution < -0.4 is 0 Å². The summed E-state index contributed by atoms with van der Waals surface area (Å²) in [6.45, 7) is 0. The number of thiophene rings is 1. The van der Waals surface area contributed by atoms with Crippen molar-refractivity contribution in [2.24, 2.45) is 0 Å². The van der Waals surface area contributed by atoms with Crippen molar-refractivity contribution in [3.8, 4) is 10.6 Å². The number of halogens is 1. The Hall–Kier alpha value is -1.83. The molecule has 0 fully saturated rings. The van der Waals surface area contributed by atoms with Crippen molar-refractivity contribution in [3.63, 3.8) is 0 Å². The lowest BCUT2D eigenvalue weighted by Crippen LogP contribution is -1.99. The van der Waals surface area contributed by atoms with Crippen LogP contribution >= 0.6 is 22.0 Å². The van der Waals surface area contributed by atoms with E-state index in [-0.39, 0.29) is 4.88 Å². The first-order valence-corrected chi connectivity index (χ1v) is 8.79. The zero-order valence-electron chi connectivity index (χ0n) is 10.2. The zero-order chi connectivity index (χ0) is 15.2. The van der Waals surface area contributed by atoms with E-state index >= 15 is 0 Å². The zero-order valence-corrected chi connectivity index (χ0v) is 12.6. The first-order chi connectivity index (χ1) is 9.86. The summed E-state index contributed by atoms with van der Waals surface area (Å²) in [6.07, 6.45) is 0. The highest BCUT2D eigenvalue weighted by Gasteiger charge is 2.25. The summed E-state index contributed by atoms with van der Waals surface area (Å²) in [7, 11) is 1.14. The first kappa shape index (κ1) is 14.1. The molecule has 0 unspecified atom stereocenters. The second-order valence-corrected chi connectivity index (χ2v) is 7.78. The summed E-state index contributed by atoms with van der Waals surface area (Å²) >= 11 is 0.806. The van der Waals surface area contributed by atoms with Gasteiger partial charge in [-0.2, -0.15) is 0 Å². The lowest BCUT2D eigenvalue weighted by Gasteiger charge is -1.92. The topological polar surface area (TPSA) is 84.6 Å². The fourth-order valence-electron chi connectivity index (χ4n) is 1.93. The highest BCUT2D eigenvalue weighted by atomic mass is 35.7. The molecule has 1 aromatic carbocycles. The van der Waals surface area contributed by atoms with Gasteiger partial charge in [-0.25, -0.2) is 13.2 Å². The van der Waals surface area contributed by atoms with E-state index in [4.69, 9.17) is 20.2 Å². The van der Waals surface area contributed by atoms with Crippen LogP contribution in [0.5, 0.6) is 0 Å². The molecule has 0 radical (unpaired) electrons. The van der Waals surface area contributed by atoms with Gasteiger partial charge in [0, 0.05) is 16.1 Å². The molecule has 0 saturated carbocycles. The van der Waals surface area contributed by atoms with Crippen LogP contribution in [0.1, 0.15) is 9.67 Å². The van der Waals surface area contributed by atoms with Crippen molar-refractivity contribution in [1.82, 2.24) is 0 Å². The third-order valence-electron chi connectivity index (χ3n) is 2.82.